The average molecular weight is 534 g/mol. The van der Waals surface area contributed by atoms with Crippen LogP contribution in [-0.4, -0.2) is 89.7 Å². The number of carbonyl (C=O) groups is 2. The number of rotatable bonds is 2. The van der Waals surface area contributed by atoms with Crippen molar-refractivity contribution in [2.75, 3.05) is 50.8 Å². The predicted molar refractivity (Wildman–Crippen MR) is 146 cm³/mol. The maximum atomic E-state index is 14.2. The number of ether oxygens (including phenoxy) is 2. The Bertz CT molecular complexity index is 1150. The molecule has 1 aromatic carbocycles. The summed E-state index contributed by atoms with van der Waals surface area (Å²) >= 11 is 0. The molecule has 39 heavy (non-hydrogen) atoms. The molecule has 2 atom stereocenters. The number of hydrogen-bond acceptors (Lipinski definition) is 7. The van der Waals surface area contributed by atoms with E-state index >= 15 is 0 Å². The maximum absolute atomic E-state index is 14.2. The Balaban J connectivity index is 1.13. The van der Waals surface area contributed by atoms with Crippen LogP contribution in [0.2, 0.25) is 0 Å². The monoisotopic (exact) mass is 533 g/mol. The second-order valence-electron chi connectivity index (χ2n) is 11.4. The molecule has 3 saturated heterocycles. The Hall–Kier alpha value is -3.20. The topological polar surface area (TPSA) is 88.1 Å². The first-order chi connectivity index (χ1) is 19.1. The number of amides is 2. The molecule has 2 aromatic rings. The van der Waals surface area contributed by atoms with Gasteiger partial charge in [0, 0.05) is 26.2 Å². The second-order valence-corrected chi connectivity index (χ2v) is 11.4. The number of likely N-dealkylation sites (tertiary alicyclic amines) is 1. The van der Waals surface area contributed by atoms with Gasteiger partial charge in [0.1, 0.15) is 18.7 Å². The van der Waals surface area contributed by atoms with Crippen LogP contribution in [0.15, 0.2) is 43.0 Å². The number of morpholine rings is 1. The Labute approximate surface area is 230 Å². The normalized spacial score (nSPS) is 25.7. The lowest BCUT2D eigenvalue weighted by atomic mass is 9.72. The van der Waals surface area contributed by atoms with Gasteiger partial charge < -0.3 is 24.2 Å². The van der Waals surface area contributed by atoms with Crippen LogP contribution in [0.5, 0.6) is 5.75 Å². The van der Waals surface area contributed by atoms with Gasteiger partial charge in [-0.3, -0.25) is 9.59 Å². The highest BCUT2D eigenvalue weighted by Gasteiger charge is 2.47. The summed E-state index contributed by atoms with van der Waals surface area (Å²) in [5, 5.41) is 0. The van der Waals surface area contributed by atoms with Gasteiger partial charge in [-0.2, -0.15) is 0 Å². The first-order valence-corrected chi connectivity index (χ1v) is 14.6. The molecule has 3 fully saturated rings. The van der Waals surface area contributed by atoms with Gasteiger partial charge in [-0.1, -0.05) is 24.6 Å². The highest BCUT2D eigenvalue weighted by atomic mass is 16.5. The fourth-order valence-electron chi connectivity index (χ4n) is 6.81. The standard InChI is InChI=1S/C30H39N5O4/c36-28(27-20-34(16-17-38-27)25-18-31-22-32-19-25)33-14-11-30(12-15-33)10-4-3-7-23-6-1-2-9-26(23)39-21-24-8-5-13-35(24)29(30)37/h1-2,6,9,18-19,22,24,27H,3-5,7-8,10-17,20-21H2/t24-,27?/m0/s1. The van der Waals surface area contributed by atoms with Crippen molar-refractivity contribution in [2.24, 2.45) is 5.41 Å². The number of para-hydroxylation sites is 1. The third-order valence-corrected chi connectivity index (χ3v) is 9.13. The van der Waals surface area contributed by atoms with Crippen molar-refractivity contribution in [3.8, 4) is 5.75 Å². The molecular weight excluding hydrogens is 494 g/mol. The van der Waals surface area contributed by atoms with Crippen molar-refractivity contribution in [3.63, 3.8) is 0 Å². The number of benzene rings is 1. The minimum Gasteiger partial charge on any atom is -0.491 e. The fourth-order valence-corrected chi connectivity index (χ4v) is 6.81. The molecular formula is C30H39N5O4. The van der Waals surface area contributed by atoms with Gasteiger partial charge in [0.05, 0.1) is 42.7 Å². The van der Waals surface area contributed by atoms with E-state index in [1.807, 2.05) is 11.0 Å². The van der Waals surface area contributed by atoms with Crippen molar-refractivity contribution in [1.82, 2.24) is 19.8 Å². The molecule has 6 rings (SSSR count). The summed E-state index contributed by atoms with van der Waals surface area (Å²) in [6.07, 6.45) is 11.8. The third kappa shape index (κ3) is 5.46. The molecule has 1 spiro atoms. The van der Waals surface area contributed by atoms with Gasteiger partial charge in [-0.15, -0.1) is 0 Å². The largest absolute Gasteiger partial charge is 0.491 e. The molecule has 0 aliphatic carbocycles. The average Bonchev–Trinajstić information content (AvgIpc) is 3.47. The smallest absolute Gasteiger partial charge is 0.253 e. The number of nitrogens with zero attached hydrogens (tertiary/aromatic N) is 5. The molecule has 1 unspecified atom stereocenters. The predicted octanol–water partition coefficient (Wildman–Crippen LogP) is 3.09. The summed E-state index contributed by atoms with van der Waals surface area (Å²) in [7, 11) is 0. The van der Waals surface area contributed by atoms with Crippen molar-refractivity contribution < 1.29 is 19.1 Å². The van der Waals surface area contributed by atoms with Crippen LogP contribution in [0.3, 0.4) is 0 Å². The second kappa shape index (κ2) is 11.5. The van der Waals surface area contributed by atoms with E-state index in [-0.39, 0.29) is 17.9 Å². The Kier molecular flexibility index (Phi) is 7.68. The molecule has 4 aliphatic heterocycles. The van der Waals surface area contributed by atoms with Crippen molar-refractivity contribution >= 4 is 17.5 Å². The van der Waals surface area contributed by atoms with Gasteiger partial charge in [-0.25, -0.2) is 9.97 Å². The molecule has 9 heteroatoms. The number of aryl methyl sites for hydroxylation is 1. The lowest BCUT2D eigenvalue weighted by Crippen LogP contribution is -2.56. The number of aromatic nitrogens is 2. The maximum Gasteiger partial charge on any atom is 0.253 e. The van der Waals surface area contributed by atoms with Gasteiger partial charge in [0.25, 0.3) is 5.91 Å². The summed E-state index contributed by atoms with van der Waals surface area (Å²) < 4.78 is 12.2. The molecule has 2 amide bonds. The van der Waals surface area contributed by atoms with Gasteiger partial charge in [0.15, 0.2) is 6.10 Å². The first kappa shape index (κ1) is 26.0. The molecule has 0 bridgehead atoms. The molecule has 208 valence electrons. The number of fused-ring (bicyclic) bond motifs is 2. The summed E-state index contributed by atoms with van der Waals surface area (Å²) in [6, 6.07) is 8.44. The van der Waals surface area contributed by atoms with Gasteiger partial charge in [-0.05, 0) is 56.6 Å². The molecule has 0 saturated carbocycles. The number of piperidine rings is 1. The first-order valence-electron chi connectivity index (χ1n) is 14.6. The fraction of sp³-hybridized carbons (Fsp3) is 0.600. The number of carbonyl (C=O) groups excluding carboxylic acids is 2. The van der Waals surface area contributed by atoms with Crippen LogP contribution >= 0.6 is 0 Å². The van der Waals surface area contributed by atoms with Crippen LogP contribution in [0.4, 0.5) is 5.69 Å². The van der Waals surface area contributed by atoms with Gasteiger partial charge >= 0.3 is 0 Å². The zero-order valence-electron chi connectivity index (χ0n) is 22.7. The van der Waals surface area contributed by atoms with Crippen molar-refractivity contribution in [1.29, 1.82) is 0 Å². The van der Waals surface area contributed by atoms with Crippen LogP contribution in [0.1, 0.15) is 50.5 Å². The van der Waals surface area contributed by atoms with Crippen molar-refractivity contribution in [3.05, 3.63) is 48.5 Å². The lowest BCUT2D eigenvalue weighted by molar-refractivity contribution is -0.154. The summed E-state index contributed by atoms with van der Waals surface area (Å²) in [6.45, 7) is 4.22. The van der Waals surface area contributed by atoms with Crippen molar-refractivity contribution in [2.45, 2.75) is 63.5 Å². The van der Waals surface area contributed by atoms with Crippen LogP contribution in [0, 0.1) is 5.41 Å². The Morgan fingerprint density at radius 3 is 2.64 bits per heavy atom. The molecule has 9 nitrogen and oxygen atoms in total. The van der Waals surface area contributed by atoms with E-state index in [1.165, 1.54) is 11.9 Å². The summed E-state index contributed by atoms with van der Waals surface area (Å²) in [5.41, 5.74) is 1.76. The quantitative estimate of drug-likeness (QED) is 0.586. The van der Waals surface area contributed by atoms with Crippen LogP contribution in [-0.2, 0) is 20.7 Å². The summed E-state index contributed by atoms with van der Waals surface area (Å²) in [4.78, 5) is 42.1. The number of hydrogen-bond donors (Lipinski definition) is 0. The molecule has 0 N–H and O–H groups in total. The van der Waals surface area contributed by atoms with Gasteiger partial charge in [0.2, 0.25) is 5.91 Å². The minimum atomic E-state index is -0.514. The van der Waals surface area contributed by atoms with E-state index in [9.17, 15) is 9.59 Å². The number of anilines is 1. The molecule has 1 aromatic heterocycles. The van der Waals surface area contributed by atoms with Crippen LogP contribution < -0.4 is 9.64 Å². The zero-order chi connectivity index (χ0) is 26.7. The van der Waals surface area contributed by atoms with E-state index < -0.39 is 11.5 Å². The molecule has 0 radical (unpaired) electrons. The van der Waals surface area contributed by atoms with E-state index in [4.69, 9.17) is 9.47 Å². The molecule has 4 aliphatic rings. The minimum absolute atomic E-state index is 0.0241. The SMILES string of the molecule is O=C(C1CN(c2cncnc2)CCO1)N1CCC2(CCCCc3ccccc3OC[C@@H]3CCCN3C2=O)CC1. The third-order valence-electron chi connectivity index (χ3n) is 9.13. The molecule has 5 heterocycles. The van der Waals surface area contributed by atoms with Crippen LogP contribution in [0.25, 0.3) is 0 Å². The van der Waals surface area contributed by atoms with E-state index in [1.54, 1.807) is 12.4 Å². The lowest BCUT2D eigenvalue weighted by Gasteiger charge is -2.45. The Morgan fingerprint density at radius 1 is 0.974 bits per heavy atom. The zero-order valence-corrected chi connectivity index (χ0v) is 22.7. The highest BCUT2D eigenvalue weighted by Crippen LogP contribution is 2.41. The highest BCUT2D eigenvalue weighted by molar-refractivity contribution is 5.85. The van der Waals surface area contributed by atoms with E-state index in [0.29, 0.717) is 52.2 Å². The Morgan fingerprint density at radius 2 is 1.79 bits per heavy atom. The summed E-state index contributed by atoms with van der Waals surface area (Å²) in [5.74, 6) is 1.26. The van der Waals surface area contributed by atoms with E-state index in [2.05, 4.69) is 38.0 Å². The van der Waals surface area contributed by atoms with E-state index in [0.717, 1.165) is 56.5 Å².